The molecular formula is C19H12BrCl2NO2. The molecule has 126 valence electrons. The van der Waals surface area contributed by atoms with E-state index >= 15 is 0 Å². The van der Waals surface area contributed by atoms with E-state index < -0.39 is 0 Å². The standard InChI is InChI=1S/C19H12BrCl2NO2/c20-12-5-8-17(16(22)11-12)23-19(24)10-7-13-6-9-18(25-13)14-3-1-2-4-15(14)21/h1-11H,(H,23,24)/b10-7+. The van der Waals surface area contributed by atoms with Crippen molar-refractivity contribution in [2.45, 2.75) is 0 Å². The zero-order chi connectivity index (χ0) is 17.8. The molecule has 1 N–H and O–H groups in total. The molecule has 0 aliphatic rings. The molecule has 3 aromatic rings. The molecule has 0 radical (unpaired) electrons. The molecule has 0 aliphatic heterocycles. The Bertz CT molecular complexity index is 950. The lowest BCUT2D eigenvalue weighted by Crippen LogP contribution is -2.07. The van der Waals surface area contributed by atoms with E-state index in [1.807, 2.05) is 24.3 Å². The van der Waals surface area contributed by atoms with Gasteiger partial charge in [0.15, 0.2) is 0 Å². The minimum atomic E-state index is -0.306. The summed E-state index contributed by atoms with van der Waals surface area (Å²) in [6.45, 7) is 0. The van der Waals surface area contributed by atoms with Crippen LogP contribution in [0.25, 0.3) is 17.4 Å². The molecule has 3 rings (SSSR count). The highest BCUT2D eigenvalue weighted by atomic mass is 79.9. The van der Waals surface area contributed by atoms with Gasteiger partial charge in [0.1, 0.15) is 11.5 Å². The lowest BCUT2D eigenvalue weighted by Gasteiger charge is -2.04. The molecule has 0 fully saturated rings. The molecular weight excluding hydrogens is 425 g/mol. The minimum Gasteiger partial charge on any atom is -0.457 e. The van der Waals surface area contributed by atoms with Crippen molar-refractivity contribution < 1.29 is 9.21 Å². The van der Waals surface area contributed by atoms with Crippen LogP contribution < -0.4 is 5.32 Å². The average molecular weight is 437 g/mol. The van der Waals surface area contributed by atoms with Gasteiger partial charge in [0.25, 0.3) is 0 Å². The van der Waals surface area contributed by atoms with Crippen molar-refractivity contribution in [3.05, 3.63) is 81.0 Å². The molecule has 0 spiro atoms. The van der Waals surface area contributed by atoms with E-state index in [4.69, 9.17) is 27.6 Å². The number of anilines is 1. The van der Waals surface area contributed by atoms with Gasteiger partial charge in [-0.1, -0.05) is 51.3 Å². The maximum atomic E-state index is 12.0. The molecule has 1 heterocycles. The van der Waals surface area contributed by atoms with Gasteiger partial charge in [0.05, 0.1) is 15.7 Å². The van der Waals surface area contributed by atoms with E-state index in [9.17, 15) is 4.79 Å². The lowest BCUT2D eigenvalue weighted by molar-refractivity contribution is -0.111. The van der Waals surface area contributed by atoms with Crippen molar-refractivity contribution >= 4 is 56.8 Å². The number of rotatable bonds is 4. The molecule has 6 heteroatoms. The quantitative estimate of drug-likeness (QED) is 0.464. The van der Waals surface area contributed by atoms with Gasteiger partial charge in [-0.3, -0.25) is 4.79 Å². The summed E-state index contributed by atoms with van der Waals surface area (Å²) >= 11 is 15.5. The van der Waals surface area contributed by atoms with Gasteiger partial charge in [-0.05, 0) is 48.5 Å². The smallest absolute Gasteiger partial charge is 0.248 e. The van der Waals surface area contributed by atoms with Crippen LogP contribution >= 0.6 is 39.1 Å². The van der Waals surface area contributed by atoms with Crippen molar-refractivity contribution in [2.24, 2.45) is 0 Å². The fraction of sp³-hybridized carbons (Fsp3) is 0. The van der Waals surface area contributed by atoms with Crippen molar-refractivity contribution in [3.63, 3.8) is 0 Å². The van der Waals surface area contributed by atoms with Gasteiger partial charge in [-0.2, -0.15) is 0 Å². The Hall–Kier alpha value is -2.01. The molecule has 0 unspecified atom stereocenters. The molecule has 0 saturated heterocycles. The SMILES string of the molecule is O=C(/C=C/c1ccc(-c2ccccc2Cl)o1)Nc1ccc(Br)cc1Cl. The number of carbonyl (C=O) groups is 1. The summed E-state index contributed by atoms with van der Waals surface area (Å²) in [5.74, 6) is 0.883. The molecule has 1 aromatic heterocycles. The number of benzene rings is 2. The normalized spacial score (nSPS) is 11.0. The highest BCUT2D eigenvalue weighted by molar-refractivity contribution is 9.10. The van der Waals surface area contributed by atoms with Crippen LogP contribution in [0.5, 0.6) is 0 Å². The largest absolute Gasteiger partial charge is 0.457 e. The molecule has 0 aliphatic carbocycles. The van der Waals surface area contributed by atoms with Gasteiger partial charge in [0, 0.05) is 16.1 Å². The van der Waals surface area contributed by atoms with Crippen LogP contribution in [-0.4, -0.2) is 5.91 Å². The number of hydrogen-bond donors (Lipinski definition) is 1. The number of halogens is 3. The van der Waals surface area contributed by atoms with Crippen molar-refractivity contribution in [1.29, 1.82) is 0 Å². The Morgan fingerprint density at radius 3 is 2.60 bits per heavy atom. The van der Waals surface area contributed by atoms with Crippen LogP contribution in [0.4, 0.5) is 5.69 Å². The summed E-state index contributed by atoms with van der Waals surface area (Å²) in [5, 5.41) is 3.77. The van der Waals surface area contributed by atoms with Crippen molar-refractivity contribution in [1.82, 2.24) is 0 Å². The predicted molar refractivity (Wildman–Crippen MR) is 106 cm³/mol. The van der Waals surface area contributed by atoms with Crippen molar-refractivity contribution in [2.75, 3.05) is 5.32 Å². The van der Waals surface area contributed by atoms with Gasteiger partial charge < -0.3 is 9.73 Å². The van der Waals surface area contributed by atoms with Gasteiger partial charge >= 0.3 is 0 Å². The predicted octanol–water partition coefficient (Wildman–Crippen LogP) is 6.67. The number of amides is 1. The first kappa shape index (κ1) is 17.8. The third-order valence-corrected chi connectivity index (χ3v) is 4.49. The molecule has 25 heavy (non-hydrogen) atoms. The molecule has 3 nitrogen and oxygen atoms in total. The van der Waals surface area contributed by atoms with E-state index in [-0.39, 0.29) is 5.91 Å². The Kier molecular flexibility index (Phi) is 5.63. The van der Waals surface area contributed by atoms with Crippen LogP contribution in [0, 0.1) is 0 Å². The molecule has 1 amide bonds. The second-order valence-corrected chi connectivity index (χ2v) is 6.86. The summed E-state index contributed by atoms with van der Waals surface area (Å²) in [6, 6.07) is 16.2. The Morgan fingerprint density at radius 2 is 1.84 bits per heavy atom. The molecule has 0 saturated carbocycles. The van der Waals surface area contributed by atoms with Gasteiger partial charge in [-0.25, -0.2) is 0 Å². The van der Waals surface area contributed by atoms with E-state index in [1.54, 1.807) is 36.4 Å². The first-order chi connectivity index (χ1) is 12.0. The first-order valence-electron chi connectivity index (χ1n) is 7.32. The summed E-state index contributed by atoms with van der Waals surface area (Å²) in [4.78, 5) is 12.0. The van der Waals surface area contributed by atoms with Crippen LogP contribution in [0.3, 0.4) is 0 Å². The van der Waals surface area contributed by atoms with E-state index in [0.717, 1.165) is 10.0 Å². The molecule has 0 bridgehead atoms. The average Bonchev–Trinajstić information content (AvgIpc) is 3.05. The molecule has 0 atom stereocenters. The maximum Gasteiger partial charge on any atom is 0.248 e. The maximum absolute atomic E-state index is 12.0. The third-order valence-electron chi connectivity index (χ3n) is 3.35. The number of hydrogen-bond acceptors (Lipinski definition) is 2. The minimum absolute atomic E-state index is 0.306. The van der Waals surface area contributed by atoms with Gasteiger partial charge in [-0.15, -0.1) is 0 Å². The number of nitrogens with one attached hydrogen (secondary N) is 1. The summed E-state index contributed by atoms with van der Waals surface area (Å²) < 4.78 is 6.55. The summed E-state index contributed by atoms with van der Waals surface area (Å²) in [7, 11) is 0. The van der Waals surface area contributed by atoms with E-state index in [0.29, 0.717) is 27.3 Å². The van der Waals surface area contributed by atoms with Crippen molar-refractivity contribution in [3.8, 4) is 11.3 Å². The van der Waals surface area contributed by atoms with Crippen LogP contribution in [0.15, 0.2) is 69.6 Å². The highest BCUT2D eigenvalue weighted by Crippen LogP contribution is 2.29. The number of carbonyl (C=O) groups excluding carboxylic acids is 1. The third kappa shape index (κ3) is 4.54. The van der Waals surface area contributed by atoms with E-state index in [2.05, 4.69) is 21.2 Å². The fourth-order valence-electron chi connectivity index (χ4n) is 2.17. The Morgan fingerprint density at radius 1 is 1.04 bits per heavy atom. The second-order valence-electron chi connectivity index (χ2n) is 5.13. The van der Waals surface area contributed by atoms with Crippen LogP contribution in [-0.2, 0) is 4.79 Å². The van der Waals surface area contributed by atoms with E-state index in [1.165, 1.54) is 6.08 Å². The monoisotopic (exact) mass is 435 g/mol. The lowest BCUT2D eigenvalue weighted by atomic mass is 10.2. The molecule has 2 aromatic carbocycles. The topological polar surface area (TPSA) is 42.2 Å². The second kappa shape index (κ2) is 7.91. The summed E-state index contributed by atoms with van der Waals surface area (Å²) in [6.07, 6.45) is 2.97. The van der Waals surface area contributed by atoms with Gasteiger partial charge in [0.2, 0.25) is 5.91 Å². The fourth-order valence-corrected chi connectivity index (χ4v) is 3.12. The zero-order valence-corrected chi connectivity index (χ0v) is 15.9. The highest BCUT2D eigenvalue weighted by Gasteiger charge is 2.07. The zero-order valence-electron chi connectivity index (χ0n) is 12.8. The summed E-state index contributed by atoms with van der Waals surface area (Å²) in [5.41, 5.74) is 1.34. The number of furan rings is 1. The Balaban J connectivity index is 1.70. The first-order valence-corrected chi connectivity index (χ1v) is 8.86. The van der Waals surface area contributed by atoms with Crippen LogP contribution in [0.2, 0.25) is 10.0 Å². The Labute approximate surface area is 163 Å². The van der Waals surface area contributed by atoms with Crippen LogP contribution in [0.1, 0.15) is 5.76 Å².